The van der Waals surface area contributed by atoms with E-state index in [1.807, 2.05) is 4.90 Å². The first-order chi connectivity index (χ1) is 9.07. The smallest absolute Gasteiger partial charge is 0.232 e. The molecule has 0 saturated carbocycles. The highest BCUT2D eigenvalue weighted by Gasteiger charge is 2.29. The maximum Gasteiger partial charge on any atom is 0.232 e. The lowest BCUT2D eigenvalue weighted by molar-refractivity contribution is -0.128. The zero-order valence-electron chi connectivity index (χ0n) is 11.3. The molecule has 0 aromatic heterocycles. The van der Waals surface area contributed by atoms with Crippen molar-refractivity contribution in [3.8, 4) is 0 Å². The standard InChI is InChI=1S/C13H23NO3S2/c15-13(14-7-4-2-1-3-5-8-14)10-18-12-6-9-19(16,17)11-12/h12H,1-11H2/t12-/m1/s1. The summed E-state index contributed by atoms with van der Waals surface area (Å²) >= 11 is 1.53. The Balaban J connectivity index is 1.74. The zero-order valence-corrected chi connectivity index (χ0v) is 13.0. The molecule has 19 heavy (non-hydrogen) atoms. The fourth-order valence-corrected chi connectivity index (χ4v) is 6.21. The summed E-state index contributed by atoms with van der Waals surface area (Å²) in [5.41, 5.74) is 0. The van der Waals surface area contributed by atoms with E-state index in [1.165, 1.54) is 31.0 Å². The predicted molar refractivity (Wildman–Crippen MR) is 79.2 cm³/mol. The minimum absolute atomic E-state index is 0.128. The summed E-state index contributed by atoms with van der Waals surface area (Å²) in [7, 11) is -2.82. The maximum absolute atomic E-state index is 12.1. The van der Waals surface area contributed by atoms with E-state index in [-0.39, 0.29) is 16.9 Å². The quantitative estimate of drug-likeness (QED) is 0.796. The third kappa shape index (κ3) is 4.99. The highest BCUT2D eigenvalue weighted by molar-refractivity contribution is 8.02. The van der Waals surface area contributed by atoms with Gasteiger partial charge in [-0.15, -0.1) is 11.8 Å². The van der Waals surface area contributed by atoms with Crippen LogP contribution in [0.4, 0.5) is 0 Å². The summed E-state index contributed by atoms with van der Waals surface area (Å²) in [4.78, 5) is 14.1. The number of amides is 1. The van der Waals surface area contributed by atoms with Crippen LogP contribution in [-0.4, -0.2) is 54.8 Å². The van der Waals surface area contributed by atoms with Gasteiger partial charge in [0.1, 0.15) is 0 Å². The van der Waals surface area contributed by atoms with E-state index < -0.39 is 9.84 Å². The Kier molecular flexibility index (Phi) is 5.57. The average Bonchev–Trinajstić information content (AvgIpc) is 2.65. The van der Waals surface area contributed by atoms with Crippen LogP contribution in [0.25, 0.3) is 0 Å². The lowest BCUT2D eigenvalue weighted by Gasteiger charge is -2.25. The molecular weight excluding hydrogens is 282 g/mol. The van der Waals surface area contributed by atoms with Gasteiger partial charge in [-0.2, -0.15) is 0 Å². The van der Waals surface area contributed by atoms with Crippen LogP contribution >= 0.6 is 11.8 Å². The van der Waals surface area contributed by atoms with Crippen molar-refractivity contribution in [2.45, 2.75) is 43.8 Å². The molecule has 2 aliphatic heterocycles. The first-order valence-electron chi connectivity index (χ1n) is 7.17. The molecule has 0 radical (unpaired) electrons. The molecule has 6 heteroatoms. The summed E-state index contributed by atoms with van der Waals surface area (Å²) in [6, 6.07) is 0. The molecule has 2 rings (SSSR count). The van der Waals surface area contributed by atoms with E-state index in [4.69, 9.17) is 0 Å². The molecule has 0 unspecified atom stereocenters. The zero-order chi connectivity index (χ0) is 13.7. The van der Waals surface area contributed by atoms with Gasteiger partial charge in [0, 0.05) is 18.3 Å². The molecule has 4 nitrogen and oxygen atoms in total. The van der Waals surface area contributed by atoms with E-state index in [9.17, 15) is 13.2 Å². The fourth-order valence-electron chi connectivity index (χ4n) is 2.67. The third-order valence-corrected chi connectivity index (χ3v) is 7.11. The van der Waals surface area contributed by atoms with Crippen LogP contribution in [0.3, 0.4) is 0 Å². The van der Waals surface area contributed by atoms with Gasteiger partial charge in [0.15, 0.2) is 9.84 Å². The van der Waals surface area contributed by atoms with Crippen molar-refractivity contribution < 1.29 is 13.2 Å². The van der Waals surface area contributed by atoms with Crippen LogP contribution in [0.15, 0.2) is 0 Å². The Hall–Kier alpha value is -0.230. The normalized spacial score (nSPS) is 27.8. The van der Waals surface area contributed by atoms with E-state index in [1.54, 1.807) is 0 Å². The van der Waals surface area contributed by atoms with Gasteiger partial charge in [0.2, 0.25) is 5.91 Å². The summed E-state index contributed by atoms with van der Waals surface area (Å²) < 4.78 is 22.7. The second kappa shape index (κ2) is 6.97. The Morgan fingerprint density at radius 3 is 2.32 bits per heavy atom. The van der Waals surface area contributed by atoms with E-state index in [0.717, 1.165) is 25.9 Å². The molecule has 110 valence electrons. The number of rotatable bonds is 3. The van der Waals surface area contributed by atoms with Crippen molar-refractivity contribution in [3.63, 3.8) is 0 Å². The van der Waals surface area contributed by atoms with Gasteiger partial charge in [-0.05, 0) is 19.3 Å². The van der Waals surface area contributed by atoms with Crippen molar-refractivity contribution in [2.75, 3.05) is 30.3 Å². The molecule has 2 fully saturated rings. The van der Waals surface area contributed by atoms with Gasteiger partial charge in [0.25, 0.3) is 0 Å². The number of likely N-dealkylation sites (tertiary alicyclic amines) is 1. The van der Waals surface area contributed by atoms with Gasteiger partial charge in [-0.3, -0.25) is 4.79 Å². The maximum atomic E-state index is 12.1. The molecule has 2 heterocycles. The molecular formula is C13H23NO3S2. The minimum atomic E-state index is -2.82. The number of nitrogens with zero attached hydrogens (tertiary/aromatic N) is 1. The van der Waals surface area contributed by atoms with Crippen molar-refractivity contribution in [3.05, 3.63) is 0 Å². The lowest BCUT2D eigenvalue weighted by Crippen LogP contribution is -2.35. The average molecular weight is 305 g/mol. The Bertz CT molecular complexity index is 400. The van der Waals surface area contributed by atoms with Crippen LogP contribution in [-0.2, 0) is 14.6 Å². The Morgan fingerprint density at radius 2 is 1.74 bits per heavy atom. The van der Waals surface area contributed by atoms with E-state index in [0.29, 0.717) is 17.9 Å². The van der Waals surface area contributed by atoms with Crippen LogP contribution in [0.1, 0.15) is 38.5 Å². The van der Waals surface area contributed by atoms with Crippen molar-refractivity contribution in [1.82, 2.24) is 4.90 Å². The lowest BCUT2D eigenvalue weighted by atomic mass is 10.1. The molecule has 0 aliphatic carbocycles. The molecule has 0 spiro atoms. The minimum Gasteiger partial charge on any atom is -0.342 e. The van der Waals surface area contributed by atoms with Crippen LogP contribution in [0, 0.1) is 0 Å². The highest BCUT2D eigenvalue weighted by Crippen LogP contribution is 2.24. The molecule has 2 aliphatic rings. The van der Waals surface area contributed by atoms with Gasteiger partial charge in [0.05, 0.1) is 17.3 Å². The van der Waals surface area contributed by atoms with Crippen molar-refractivity contribution in [2.24, 2.45) is 0 Å². The molecule has 1 amide bonds. The first kappa shape index (κ1) is 15.2. The topological polar surface area (TPSA) is 54.5 Å². The Morgan fingerprint density at radius 1 is 1.11 bits per heavy atom. The van der Waals surface area contributed by atoms with E-state index >= 15 is 0 Å². The van der Waals surface area contributed by atoms with Gasteiger partial charge < -0.3 is 4.90 Å². The van der Waals surface area contributed by atoms with Crippen molar-refractivity contribution >= 4 is 27.5 Å². The SMILES string of the molecule is O=C(CS[C@@H]1CCS(=O)(=O)C1)N1CCCCCCC1. The summed E-state index contributed by atoms with van der Waals surface area (Å²) in [6.07, 6.45) is 6.65. The molecule has 0 N–H and O–H groups in total. The summed E-state index contributed by atoms with van der Waals surface area (Å²) in [6.45, 7) is 1.75. The van der Waals surface area contributed by atoms with Crippen LogP contribution in [0.5, 0.6) is 0 Å². The number of hydrogen-bond donors (Lipinski definition) is 0. The molecule has 0 aromatic carbocycles. The predicted octanol–water partition coefficient (Wildman–Crippen LogP) is 1.70. The third-order valence-electron chi connectivity index (χ3n) is 3.84. The second-order valence-electron chi connectivity index (χ2n) is 5.48. The largest absolute Gasteiger partial charge is 0.342 e. The molecule has 2 saturated heterocycles. The molecule has 0 bridgehead atoms. The monoisotopic (exact) mass is 305 g/mol. The summed E-state index contributed by atoms with van der Waals surface area (Å²) in [5, 5.41) is 0.128. The van der Waals surface area contributed by atoms with Gasteiger partial charge >= 0.3 is 0 Å². The number of thioether (sulfide) groups is 1. The summed E-state index contributed by atoms with van der Waals surface area (Å²) in [5.74, 6) is 1.18. The second-order valence-corrected chi connectivity index (χ2v) is 9.00. The van der Waals surface area contributed by atoms with Crippen LogP contribution in [0.2, 0.25) is 0 Å². The number of carbonyl (C=O) groups is 1. The number of hydrogen-bond acceptors (Lipinski definition) is 4. The Labute approximate surface area is 120 Å². The van der Waals surface area contributed by atoms with Crippen LogP contribution < -0.4 is 0 Å². The highest BCUT2D eigenvalue weighted by atomic mass is 32.2. The van der Waals surface area contributed by atoms with E-state index in [2.05, 4.69) is 0 Å². The van der Waals surface area contributed by atoms with Crippen molar-refractivity contribution in [1.29, 1.82) is 0 Å². The first-order valence-corrected chi connectivity index (χ1v) is 10.0. The molecule has 0 aromatic rings. The van der Waals surface area contributed by atoms with Gasteiger partial charge in [-0.1, -0.05) is 19.3 Å². The molecule has 1 atom stereocenters. The number of carbonyl (C=O) groups excluding carboxylic acids is 1. The fraction of sp³-hybridized carbons (Fsp3) is 0.923. The van der Waals surface area contributed by atoms with Gasteiger partial charge in [-0.25, -0.2) is 8.42 Å². The number of sulfone groups is 1.